The minimum absolute atomic E-state index is 0.819. The van der Waals surface area contributed by atoms with Crippen LogP contribution in [0.5, 0.6) is 0 Å². The molecular weight excluding hydrogens is 848 g/mol. The molecule has 0 unspecified atom stereocenters. The van der Waals surface area contributed by atoms with Gasteiger partial charge in [0, 0.05) is 20.3 Å². The Hall–Kier alpha value is -2.44. The first kappa shape index (κ1) is 50.2. The minimum atomic E-state index is -5.26. The molecule has 4 saturated heterocycles. The molecule has 21 atom stereocenters. The summed E-state index contributed by atoms with van der Waals surface area (Å²) in [5.74, 6) is -6.99. The number of carboxylic acids is 1. The smallest absolute Gasteiger partial charge is 0.397 e. The van der Waals surface area contributed by atoms with E-state index in [1.807, 2.05) is 0 Å². The highest BCUT2D eigenvalue weighted by molar-refractivity contribution is 7.80. The molecule has 60 heavy (non-hydrogen) atoms. The molecule has 15 N–H and O–H groups in total. The van der Waals surface area contributed by atoms with Crippen molar-refractivity contribution >= 4 is 28.2 Å². The maximum Gasteiger partial charge on any atom is 0.397 e. The lowest BCUT2D eigenvalue weighted by Gasteiger charge is -2.51. The van der Waals surface area contributed by atoms with Crippen molar-refractivity contribution in [3.05, 3.63) is 0 Å². The molecule has 29 heteroatoms. The van der Waals surface area contributed by atoms with Gasteiger partial charge in [-0.3, -0.25) is 14.1 Å². The number of ether oxygens (including phenoxy) is 7. The maximum atomic E-state index is 12.9. The zero-order valence-electron chi connectivity index (χ0n) is 31.9. The van der Waals surface area contributed by atoms with Gasteiger partial charge in [0.25, 0.3) is 5.79 Å². The van der Waals surface area contributed by atoms with Crippen molar-refractivity contribution in [3.8, 4) is 0 Å². The van der Waals surface area contributed by atoms with Gasteiger partial charge in [-0.1, -0.05) is 0 Å². The van der Waals surface area contributed by atoms with Crippen molar-refractivity contribution in [2.45, 2.75) is 155 Å². The van der Waals surface area contributed by atoms with E-state index in [9.17, 15) is 88.6 Å². The zero-order chi connectivity index (χ0) is 45.2. The predicted octanol–water partition coefficient (Wildman–Crippen LogP) is -9.40. The number of hydrogen-bond acceptors (Lipinski definition) is 24. The van der Waals surface area contributed by atoms with E-state index in [0.29, 0.717) is 0 Å². The Morgan fingerprint density at radius 1 is 0.783 bits per heavy atom. The summed E-state index contributed by atoms with van der Waals surface area (Å²) >= 11 is 0. The van der Waals surface area contributed by atoms with Gasteiger partial charge in [0.1, 0.15) is 85.4 Å². The number of hydrogen-bond donors (Lipinski definition) is 15. The van der Waals surface area contributed by atoms with E-state index >= 15 is 0 Å². The van der Waals surface area contributed by atoms with Gasteiger partial charge >= 0.3 is 16.4 Å². The van der Waals surface area contributed by atoms with Crippen LogP contribution in [-0.2, 0) is 62.1 Å². The lowest BCUT2D eigenvalue weighted by Crippen LogP contribution is -2.71. The highest BCUT2D eigenvalue weighted by Crippen LogP contribution is 2.39. The van der Waals surface area contributed by atoms with Crippen LogP contribution < -0.4 is 10.6 Å². The second-order valence-corrected chi connectivity index (χ2v) is 15.6. The number of nitrogens with one attached hydrogen (secondary N) is 2. The third-order valence-corrected chi connectivity index (χ3v) is 10.6. The molecule has 0 aromatic heterocycles. The Bertz CT molecular complexity index is 1580. The van der Waals surface area contributed by atoms with Gasteiger partial charge in [-0.2, -0.15) is 8.42 Å². The molecule has 0 saturated carbocycles. The van der Waals surface area contributed by atoms with Crippen LogP contribution in [0.15, 0.2) is 0 Å². The summed E-state index contributed by atoms with van der Waals surface area (Å²) in [4.78, 5) is 37.2. The molecule has 0 spiro atoms. The van der Waals surface area contributed by atoms with Crippen LogP contribution in [-0.4, -0.2) is 240 Å². The monoisotopic (exact) mass is 900 g/mol. The molecule has 28 nitrogen and oxygen atoms in total. The number of carboxylic acid groups (broad SMARTS) is 1. The average Bonchev–Trinajstić information content (AvgIpc) is 3.16. The summed E-state index contributed by atoms with van der Waals surface area (Å²) in [7, 11) is -5.26. The number of carbonyl (C=O) groups is 3. The number of aliphatic hydroxyl groups excluding tert-OH is 11. The van der Waals surface area contributed by atoms with Crippen molar-refractivity contribution in [2.75, 3.05) is 19.8 Å². The normalized spacial score (nSPS) is 43.7. The maximum absolute atomic E-state index is 12.9. The molecule has 0 bridgehead atoms. The summed E-state index contributed by atoms with van der Waals surface area (Å²) in [5.41, 5.74) is 0. The van der Waals surface area contributed by atoms with E-state index in [0.717, 1.165) is 13.8 Å². The van der Waals surface area contributed by atoms with Crippen molar-refractivity contribution in [1.82, 2.24) is 10.6 Å². The molecule has 0 aromatic carbocycles. The highest BCUT2D eigenvalue weighted by atomic mass is 32.3. The number of aliphatic carboxylic acids is 1. The van der Waals surface area contributed by atoms with Crippen molar-refractivity contribution < 1.29 is 126 Å². The molecule has 0 radical (unpaired) electrons. The molecule has 4 rings (SSSR count). The second kappa shape index (κ2) is 20.4. The van der Waals surface area contributed by atoms with Gasteiger partial charge in [0.15, 0.2) is 18.9 Å². The van der Waals surface area contributed by atoms with Crippen LogP contribution in [0.3, 0.4) is 0 Å². The molecule has 0 aromatic rings. The number of amides is 2. The third kappa shape index (κ3) is 11.4. The van der Waals surface area contributed by atoms with Crippen LogP contribution in [0.2, 0.25) is 0 Å². The first-order valence-electron chi connectivity index (χ1n) is 18.2. The number of rotatable bonds is 16. The zero-order valence-corrected chi connectivity index (χ0v) is 32.7. The molecule has 348 valence electrons. The van der Waals surface area contributed by atoms with Crippen LogP contribution in [0, 0.1) is 0 Å². The fourth-order valence-electron chi connectivity index (χ4n) is 7.13. The van der Waals surface area contributed by atoms with E-state index in [-0.39, 0.29) is 0 Å². The van der Waals surface area contributed by atoms with Gasteiger partial charge < -0.3 is 105 Å². The molecule has 4 fully saturated rings. The first-order chi connectivity index (χ1) is 27.9. The summed E-state index contributed by atoms with van der Waals surface area (Å²) in [6, 6.07) is -3.49. The van der Waals surface area contributed by atoms with E-state index in [2.05, 4.69) is 14.8 Å². The molecule has 4 heterocycles. The molecule has 2 amide bonds. The van der Waals surface area contributed by atoms with Gasteiger partial charge in [-0.25, -0.2) is 8.98 Å². The van der Waals surface area contributed by atoms with Gasteiger partial charge in [-0.15, -0.1) is 0 Å². The van der Waals surface area contributed by atoms with Gasteiger partial charge in [0.2, 0.25) is 11.8 Å². The van der Waals surface area contributed by atoms with E-state index in [4.69, 9.17) is 33.2 Å². The van der Waals surface area contributed by atoms with E-state index < -0.39 is 183 Å². The Labute approximate surface area is 340 Å². The summed E-state index contributed by atoms with van der Waals surface area (Å²) in [5, 5.41) is 132. The highest BCUT2D eigenvalue weighted by Gasteiger charge is 2.61. The second-order valence-electron chi connectivity index (χ2n) is 14.6. The molecular formula is C31H52N2O26S. The number of aliphatic hydroxyl groups is 11. The SMILES string of the molecule is CC(=O)N[C@@H]1[C@@H](O[C@@H]2O[C@H](CO)[C@H](O)[C@H](O[C@]3(C(=O)O)C[C@H](O)[C@@H](NC(C)=O)[C@H]([C@H](O)[C@H](O)CO)O3)[C@H]2O)[C@H](O[C@@H]2O[C@@H](C)[C@@H](O)[C@@H](O)[C@@H]2O)[C@@H](COS(=O)(=O)O)O[C@H]1O. The van der Waals surface area contributed by atoms with Crippen molar-refractivity contribution in [3.63, 3.8) is 0 Å². The summed E-state index contributed by atoms with van der Waals surface area (Å²) in [6.45, 7) is -0.272. The topological polar surface area (TPSA) is 446 Å². The van der Waals surface area contributed by atoms with Crippen LogP contribution in [0.1, 0.15) is 27.2 Å². The van der Waals surface area contributed by atoms with Crippen LogP contribution >= 0.6 is 0 Å². The minimum Gasteiger partial charge on any atom is -0.477 e. The number of carbonyl (C=O) groups excluding carboxylic acids is 2. The van der Waals surface area contributed by atoms with Crippen LogP contribution in [0.4, 0.5) is 0 Å². The van der Waals surface area contributed by atoms with Gasteiger partial charge in [-0.05, 0) is 6.92 Å². The standard InChI is InChI=1S/C31H52N2O26S/c1-8-17(40)20(43)21(44)28(53-8)56-23-14(7-52-60(49,50)51)54-27(46)16(33-10(3)37)25(23)57-29-22(45)26(19(42)13(6-35)55-29)59-31(30(47)48)4-11(38)15(32-9(2)36)24(58-31)18(41)12(39)5-34/h8,11-29,34-35,38-46H,4-7H2,1-3H3,(H,32,36)(H,33,37)(H,47,48)(H,49,50,51)/t8-,11-,12+,13+,14+,15+,16+,17+,18+,19-,20+,21-,22+,23+,24+,25+,26-,27+,28-,29-,31-/m0/s1. The quantitative estimate of drug-likeness (QED) is 0.0640. The Balaban J connectivity index is 1.76. The van der Waals surface area contributed by atoms with E-state index in [1.165, 1.54) is 6.92 Å². The van der Waals surface area contributed by atoms with E-state index in [1.54, 1.807) is 0 Å². The summed E-state index contributed by atoms with van der Waals surface area (Å²) < 4.78 is 76.4. The van der Waals surface area contributed by atoms with Gasteiger partial charge in [0.05, 0.1) is 38.1 Å². The molecule has 4 aliphatic rings. The predicted molar refractivity (Wildman–Crippen MR) is 183 cm³/mol. The average molecular weight is 901 g/mol. The molecule has 4 aliphatic heterocycles. The van der Waals surface area contributed by atoms with Crippen molar-refractivity contribution in [2.24, 2.45) is 0 Å². The Kier molecular flexibility index (Phi) is 17.1. The fourth-order valence-corrected chi connectivity index (χ4v) is 7.44. The molecule has 0 aliphatic carbocycles. The Morgan fingerprint density at radius 2 is 1.37 bits per heavy atom. The van der Waals surface area contributed by atoms with Crippen LogP contribution in [0.25, 0.3) is 0 Å². The largest absolute Gasteiger partial charge is 0.477 e. The third-order valence-electron chi connectivity index (χ3n) is 10.1. The van der Waals surface area contributed by atoms with Crippen molar-refractivity contribution in [1.29, 1.82) is 0 Å². The lowest BCUT2D eigenvalue weighted by molar-refractivity contribution is -0.389. The Morgan fingerprint density at radius 3 is 1.92 bits per heavy atom. The first-order valence-corrected chi connectivity index (χ1v) is 19.6. The summed E-state index contributed by atoms with van der Waals surface area (Å²) in [6.07, 6.45) is -37.6. The fraction of sp³-hybridized carbons (Fsp3) is 0.903. The lowest BCUT2D eigenvalue weighted by atomic mass is 9.88.